The van der Waals surface area contributed by atoms with E-state index in [4.69, 9.17) is 0 Å². The van der Waals surface area contributed by atoms with Gasteiger partial charge in [0.15, 0.2) is 11.7 Å². The van der Waals surface area contributed by atoms with Crippen molar-refractivity contribution in [1.82, 2.24) is 9.97 Å². The first-order valence-electron chi connectivity index (χ1n) is 5.16. The molecule has 17 heavy (non-hydrogen) atoms. The van der Waals surface area contributed by atoms with Gasteiger partial charge in [-0.05, 0) is 24.3 Å². The molecule has 0 saturated heterocycles. The van der Waals surface area contributed by atoms with Crippen LogP contribution in [0.15, 0.2) is 41.3 Å². The highest BCUT2D eigenvalue weighted by Gasteiger charge is 2.07. The van der Waals surface area contributed by atoms with Gasteiger partial charge in [0.05, 0.1) is 10.9 Å². The van der Waals surface area contributed by atoms with Gasteiger partial charge in [-0.1, -0.05) is 6.07 Å². The number of nitrogens with zero attached hydrogens (tertiary/aromatic N) is 1. The standard InChI is InChI=1S/C13H8N2O2/c16-7-8-3-1-4-9-11(8)15-13-10(12(9)17)5-2-6-14-13/h1-7H,(H,14,15,17). The molecule has 4 heteroatoms. The minimum absolute atomic E-state index is 0.106. The number of H-pyrrole nitrogens is 1. The topological polar surface area (TPSA) is 62.8 Å². The number of aromatic amines is 1. The molecule has 0 unspecified atom stereocenters. The lowest BCUT2D eigenvalue weighted by Gasteiger charge is -2.03. The summed E-state index contributed by atoms with van der Waals surface area (Å²) in [5.41, 5.74) is 1.40. The fourth-order valence-corrected chi connectivity index (χ4v) is 1.95. The molecule has 1 N–H and O–H groups in total. The van der Waals surface area contributed by atoms with Gasteiger partial charge < -0.3 is 4.98 Å². The first-order chi connectivity index (χ1) is 8.31. The Morgan fingerprint density at radius 1 is 1.12 bits per heavy atom. The number of aromatic nitrogens is 2. The molecule has 0 aliphatic heterocycles. The van der Waals surface area contributed by atoms with E-state index in [0.29, 0.717) is 27.5 Å². The fraction of sp³-hybridized carbons (Fsp3) is 0. The zero-order valence-electron chi connectivity index (χ0n) is 8.81. The van der Waals surface area contributed by atoms with Crippen molar-refractivity contribution < 1.29 is 4.79 Å². The van der Waals surface area contributed by atoms with Gasteiger partial charge in [0.2, 0.25) is 0 Å². The van der Waals surface area contributed by atoms with Crippen LogP contribution in [0.2, 0.25) is 0 Å². The highest BCUT2D eigenvalue weighted by Crippen LogP contribution is 2.15. The van der Waals surface area contributed by atoms with Crippen LogP contribution in [0.3, 0.4) is 0 Å². The molecule has 2 aromatic heterocycles. The van der Waals surface area contributed by atoms with E-state index in [9.17, 15) is 9.59 Å². The Labute approximate surface area is 95.9 Å². The Balaban J connectivity index is 2.64. The molecule has 3 aromatic rings. The van der Waals surface area contributed by atoms with Crippen LogP contribution in [0, 0.1) is 0 Å². The van der Waals surface area contributed by atoms with Crippen molar-refractivity contribution in [3.05, 3.63) is 52.3 Å². The van der Waals surface area contributed by atoms with Crippen LogP contribution < -0.4 is 5.43 Å². The van der Waals surface area contributed by atoms with E-state index in [1.165, 1.54) is 0 Å². The average Bonchev–Trinajstić information content (AvgIpc) is 2.38. The molecule has 0 aliphatic rings. The summed E-state index contributed by atoms with van der Waals surface area (Å²) < 4.78 is 0. The van der Waals surface area contributed by atoms with Gasteiger partial charge in [0.1, 0.15) is 5.65 Å². The molecule has 0 atom stereocenters. The maximum atomic E-state index is 12.2. The van der Waals surface area contributed by atoms with Crippen molar-refractivity contribution in [3.63, 3.8) is 0 Å². The van der Waals surface area contributed by atoms with Gasteiger partial charge in [-0.3, -0.25) is 9.59 Å². The molecule has 0 saturated carbocycles. The highest BCUT2D eigenvalue weighted by atomic mass is 16.1. The number of carbonyl (C=O) groups excluding carboxylic acids is 1. The molecule has 0 aliphatic carbocycles. The maximum Gasteiger partial charge on any atom is 0.198 e. The summed E-state index contributed by atoms with van der Waals surface area (Å²) in [4.78, 5) is 30.2. The smallest absolute Gasteiger partial charge is 0.198 e. The Kier molecular flexibility index (Phi) is 2.01. The van der Waals surface area contributed by atoms with Gasteiger partial charge in [0, 0.05) is 17.1 Å². The monoisotopic (exact) mass is 224 g/mol. The number of fused-ring (bicyclic) bond motifs is 2. The summed E-state index contributed by atoms with van der Waals surface area (Å²) in [5.74, 6) is 0. The van der Waals surface area contributed by atoms with Crippen LogP contribution in [0.5, 0.6) is 0 Å². The third-order valence-electron chi connectivity index (χ3n) is 2.76. The van der Waals surface area contributed by atoms with Crippen molar-refractivity contribution in [2.75, 3.05) is 0 Å². The Morgan fingerprint density at radius 2 is 1.94 bits per heavy atom. The second-order valence-corrected chi connectivity index (χ2v) is 3.74. The summed E-state index contributed by atoms with van der Waals surface area (Å²) in [6.45, 7) is 0. The molecule has 0 radical (unpaired) electrons. The van der Waals surface area contributed by atoms with Gasteiger partial charge >= 0.3 is 0 Å². The minimum atomic E-state index is -0.106. The number of hydrogen-bond donors (Lipinski definition) is 1. The second kappa shape index (κ2) is 3.52. The third-order valence-corrected chi connectivity index (χ3v) is 2.76. The van der Waals surface area contributed by atoms with Crippen LogP contribution in [-0.4, -0.2) is 16.3 Å². The Morgan fingerprint density at radius 3 is 2.76 bits per heavy atom. The zero-order valence-corrected chi connectivity index (χ0v) is 8.81. The predicted octanol–water partition coefficient (Wildman–Crippen LogP) is 1.89. The number of para-hydroxylation sites is 1. The average molecular weight is 224 g/mol. The maximum absolute atomic E-state index is 12.2. The van der Waals surface area contributed by atoms with E-state index < -0.39 is 0 Å². The van der Waals surface area contributed by atoms with Crippen molar-refractivity contribution in [2.24, 2.45) is 0 Å². The lowest BCUT2D eigenvalue weighted by atomic mass is 10.1. The lowest BCUT2D eigenvalue weighted by Crippen LogP contribution is -2.06. The fourth-order valence-electron chi connectivity index (χ4n) is 1.95. The van der Waals surface area contributed by atoms with Crippen LogP contribution in [0.1, 0.15) is 10.4 Å². The van der Waals surface area contributed by atoms with E-state index in [0.717, 1.165) is 6.29 Å². The summed E-state index contributed by atoms with van der Waals surface area (Å²) >= 11 is 0. The molecular formula is C13H8N2O2. The van der Waals surface area contributed by atoms with Crippen LogP contribution in [-0.2, 0) is 0 Å². The zero-order chi connectivity index (χ0) is 11.8. The van der Waals surface area contributed by atoms with E-state index in [2.05, 4.69) is 9.97 Å². The van der Waals surface area contributed by atoms with Crippen molar-refractivity contribution >= 4 is 28.2 Å². The Hall–Kier alpha value is -2.49. The summed E-state index contributed by atoms with van der Waals surface area (Å²) in [6.07, 6.45) is 2.33. The number of aldehydes is 1. The normalized spacial score (nSPS) is 10.8. The molecule has 4 nitrogen and oxygen atoms in total. The van der Waals surface area contributed by atoms with Gasteiger partial charge in [-0.2, -0.15) is 0 Å². The first kappa shape index (κ1) is 9.72. The van der Waals surface area contributed by atoms with E-state index in [1.54, 1.807) is 36.5 Å². The van der Waals surface area contributed by atoms with E-state index in [1.807, 2.05) is 0 Å². The molecule has 82 valence electrons. The quantitative estimate of drug-likeness (QED) is 0.507. The molecule has 1 aromatic carbocycles. The van der Waals surface area contributed by atoms with Crippen molar-refractivity contribution in [1.29, 1.82) is 0 Å². The van der Waals surface area contributed by atoms with Gasteiger partial charge in [-0.15, -0.1) is 0 Å². The summed E-state index contributed by atoms with van der Waals surface area (Å²) in [5, 5.41) is 1.04. The molecule has 3 rings (SSSR count). The largest absolute Gasteiger partial charge is 0.338 e. The van der Waals surface area contributed by atoms with Gasteiger partial charge in [0.25, 0.3) is 0 Å². The predicted molar refractivity (Wildman–Crippen MR) is 65.3 cm³/mol. The van der Waals surface area contributed by atoms with E-state index >= 15 is 0 Å². The lowest BCUT2D eigenvalue weighted by molar-refractivity contribution is 0.112. The van der Waals surface area contributed by atoms with Crippen LogP contribution in [0.25, 0.3) is 21.9 Å². The summed E-state index contributed by atoms with van der Waals surface area (Å²) in [7, 11) is 0. The third kappa shape index (κ3) is 1.34. The number of hydrogen-bond acceptors (Lipinski definition) is 3. The summed E-state index contributed by atoms with van der Waals surface area (Å²) in [6, 6.07) is 8.50. The number of pyridine rings is 2. The Bertz CT molecular complexity index is 790. The first-order valence-corrected chi connectivity index (χ1v) is 5.16. The second-order valence-electron chi connectivity index (χ2n) is 3.74. The van der Waals surface area contributed by atoms with Crippen molar-refractivity contribution in [2.45, 2.75) is 0 Å². The molecule has 0 amide bonds. The van der Waals surface area contributed by atoms with E-state index in [-0.39, 0.29) is 5.43 Å². The highest BCUT2D eigenvalue weighted by molar-refractivity contribution is 5.99. The molecule has 2 heterocycles. The molecule has 0 bridgehead atoms. The van der Waals surface area contributed by atoms with Crippen molar-refractivity contribution in [3.8, 4) is 0 Å². The minimum Gasteiger partial charge on any atom is -0.338 e. The number of rotatable bonds is 1. The molecule has 0 spiro atoms. The SMILES string of the molecule is O=Cc1cccc2c(=O)c3cccnc3[nH]c12. The number of carbonyl (C=O) groups is 1. The van der Waals surface area contributed by atoms with Gasteiger partial charge in [-0.25, -0.2) is 4.98 Å². The van der Waals surface area contributed by atoms with Crippen LogP contribution in [0.4, 0.5) is 0 Å². The van der Waals surface area contributed by atoms with Crippen LogP contribution >= 0.6 is 0 Å². The number of nitrogens with one attached hydrogen (secondary N) is 1. The number of benzene rings is 1. The molecular weight excluding hydrogens is 216 g/mol. The molecule has 0 fully saturated rings.